The van der Waals surface area contributed by atoms with E-state index in [-0.39, 0.29) is 6.04 Å². The molecule has 3 nitrogen and oxygen atoms in total. The summed E-state index contributed by atoms with van der Waals surface area (Å²) in [5.74, 6) is 0. The van der Waals surface area contributed by atoms with Gasteiger partial charge in [0.05, 0.1) is 11.6 Å². The fourth-order valence-corrected chi connectivity index (χ4v) is 3.33. The average Bonchev–Trinajstić information content (AvgIpc) is 3.04. The maximum Gasteiger partial charge on any atom is 0.114 e. The first-order chi connectivity index (χ1) is 10.3. The van der Waals surface area contributed by atoms with E-state index in [0.717, 1.165) is 39.5 Å². The molecule has 5 heteroatoms. The Labute approximate surface area is 133 Å². The van der Waals surface area contributed by atoms with E-state index in [1.807, 2.05) is 35.8 Å². The molecule has 3 aromatic rings. The van der Waals surface area contributed by atoms with Gasteiger partial charge in [-0.05, 0) is 31.2 Å². The van der Waals surface area contributed by atoms with E-state index in [1.54, 1.807) is 17.5 Å². The average molecular weight is 318 g/mol. The first-order valence-corrected chi connectivity index (χ1v) is 8.23. The molecule has 0 amide bonds. The van der Waals surface area contributed by atoms with Crippen molar-refractivity contribution >= 4 is 33.8 Å². The minimum absolute atomic E-state index is 0.0552. The summed E-state index contributed by atoms with van der Waals surface area (Å²) in [4.78, 5) is 9.00. The van der Waals surface area contributed by atoms with Crippen molar-refractivity contribution in [2.45, 2.75) is 19.4 Å². The number of thiazole rings is 1. The summed E-state index contributed by atoms with van der Waals surface area (Å²) in [5, 5.41) is 8.33. The number of rotatable bonds is 5. The molecule has 1 N–H and O–H groups in total. The molecule has 0 spiro atoms. The van der Waals surface area contributed by atoms with Crippen molar-refractivity contribution in [3.63, 3.8) is 0 Å². The third-order valence-electron chi connectivity index (χ3n) is 3.36. The first-order valence-electron chi connectivity index (χ1n) is 6.97. The maximum atomic E-state index is 6.29. The Balaban J connectivity index is 2.13. The van der Waals surface area contributed by atoms with Gasteiger partial charge in [0.1, 0.15) is 5.01 Å². The van der Waals surface area contributed by atoms with Crippen LogP contribution in [0.15, 0.2) is 42.0 Å². The van der Waals surface area contributed by atoms with Crippen molar-refractivity contribution in [2.24, 2.45) is 0 Å². The lowest BCUT2D eigenvalue weighted by molar-refractivity contribution is 0.598. The van der Waals surface area contributed by atoms with Crippen LogP contribution in [0.3, 0.4) is 0 Å². The van der Waals surface area contributed by atoms with Gasteiger partial charge < -0.3 is 5.32 Å². The van der Waals surface area contributed by atoms with Crippen LogP contribution in [-0.2, 0) is 0 Å². The number of nitrogens with zero attached hydrogens (tertiary/aromatic N) is 2. The smallest absolute Gasteiger partial charge is 0.114 e. The number of nitrogens with one attached hydrogen (secondary N) is 1. The Bertz CT molecular complexity index is 727. The first kappa shape index (κ1) is 14.4. The van der Waals surface area contributed by atoms with Gasteiger partial charge in [0.15, 0.2) is 0 Å². The van der Waals surface area contributed by atoms with Crippen molar-refractivity contribution in [3.8, 4) is 0 Å². The van der Waals surface area contributed by atoms with Crippen LogP contribution in [-0.4, -0.2) is 16.5 Å². The lowest BCUT2D eigenvalue weighted by Crippen LogP contribution is -2.23. The Morgan fingerprint density at radius 2 is 2.14 bits per heavy atom. The van der Waals surface area contributed by atoms with E-state index in [9.17, 15) is 0 Å². The van der Waals surface area contributed by atoms with E-state index in [2.05, 4.69) is 22.2 Å². The van der Waals surface area contributed by atoms with E-state index in [1.165, 1.54) is 0 Å². The summed E-state index contributed by atoms with van der Waals surface area (Å²) < 4.78 is 0. The zero-order chi connectivity index (χ0) is 14.7. The van der Waals surface area contributed by atoms with E-state index < -0.39 is 0 Å². The van der Waals surface area contributed by atoms with Crippen molar-refractivity contribution in [1.82, 2.24) is 15.3 Å². The normalized spacial score (nSPS) is 12.7. The second-order valence-electron chi connectivity index (χ2n) is 4.79. The quantitative estimate of drug-likeness (QED) is 0.756. The third kappa shape index (κ3) is 2.93. The number of halogens is 1. The minimum Gasteiger partial charge on any atom is -0.304 e. The monoisotopic (exact) mass is 317 g/mol. The largest absolute Gasteiger partial charge is 0.304 e. The summed E-state index contributed by atoms with van der Waals surface area (Å²) in [7, 11) is 0. The van der Waals surface area contributed by atoms with Gasteiger partial charge in [-0.1, -0.05) is 24.6 Å². The summed E-state index contributed by atoms with van der Waals surface area (Å²) in [6.07, 6.45) is 4.72. The van der Waals surface area contributed by atoms with Crippen LogP contribution in [0.5, 0.6) is 0 Å². The summed E-state index contributed by atoms with van der Waals surface area (Å²) >= 11 is 7.94. The van der Waals surface area contributed by atoms with Crippen LogP contribution < -0.4 is 5.32 Å². The van der Waals surface area contributed by atoms with Gasteiger partial charge in [-0.15, -0.1) is 11.3 Å². The van der Waals surface area contributed by atoms with Crippen LogP contribution in [0.4, 0.5) is 0 Å². The highest BCUT2D eigenvalue weighted by molar-refractivity contribution is 7.09. The molecular formula is C16H16ClN3S. The van der Waals surface area contributed by atoms with E-state index in [0.29, 0.717) is 0 Å². The third-order valence-corrected chi connectivity index (χ3v) is 4.53. The zero-order valence-corrected chi connectivity index (χ0v) is 13.3. The van der Waals surface area contributed by atoms with Crippen LogP contribution >= 0.6 is 22.9 Å². The Morgan fingerprint density at radius 3 is 2.90 bits per heavy atom. The molecule has 0 fully saturated rings. The van der Waals surface area contributed by atoms with Gasteiger partial charge in [0.2, 0.25) is 0 Å². The molecule has 2 aromatic heterocycles. The van der Waals surface area contributed by atoms with Crippen molar-refractivity contribution in [1.29, 1.82) is 0 Å². The van der Waals surface area contributed by atoms with Crippen LogP contribution in [0, 0.1) is 0 Å². The summed E-state index contributed by atoms with van der Waals surface area (Å²) in [6.45, 7) is 3.09. The topological polar surface area (TPSA) is 37.8 Å². The molecule has 1 atom stereocenters. The van der Waals surface area contributed by atoms with Crippen molar-refractivity contribution < 1.29 is 0 Å². The van der Waals surface area contributed by atoms with E-state index >= 15 is 0 Å². The number of aromatic nitrogens is 2. The number of hydrogen-bond donors (Lipinski definition) is 1. The van der Waals surface area contributed by atoms with Gasteiger partial charge in [-0.25, -0.2) is 4.98 Å². The lowest BCUT2D eigenvalue weighted by Gasteiger charge is -2.18. The SMILES string of the molecule is CCCNC(c1nccs1)c1ccc(Cl)c2cccnc12. The standard InChI is InChI=1S/C16H16ClN3S/c1-2-7-18-15(16-20-9-10-21-16)12-5-6-13(17)11-4-3-8-19-14(11)12/h3-6,8-10,15,18H,2,7H2,1H3. The van der Waals surface area contributed by atoms with Gasteiger partial charge in [0.25, 0.3) is 0 Å². The molecular weight excluding hydrogens is 302 g/mol. The number of hydrogen-bond acceptors (Lipinski definition) is 4. The molecule has 108 valence electrons. The highest BCUT2D eigenvalue weighted by Gasteiger charge is 2.19. The fourth-order valence-electron chi connectivity index (χ4n) is 2.39. The second-order valence-corrected chi connectivity index (χ2v) is 6.13. The summed E-state index contributed by atoms with van der Waals surface area (Å²) in [6, 6.07) is 7.96. The van der Waals surface area contributed by atoms with Crippen LogP contribution in [0.1, 0.15) is 30.0 Å². The van der Waals surface area contributed by atoms with E-state index in [4.69, 9.17) is 11.6 Å². The number of benzene rings is 1. The molecule has 1 unspecified atom stereocenters. The van der Waals surface area contributed by atoms with Gasteiger partial charge >= 0.3 is 0 Å². The molecule has 0 radical (unpaired) electrons. The maximum absolute atomic E-state index is 6.29. The minimum atomic E-state index is 0.0552. The molecule has 0 bridgehead atoms. The predicted molar refractivity (Wildman–Crippen MR) is 89.0 cm³/mol. The van der Waals surface area contributed by atoms with Gasteiger partial charge in [0, 0.05) is 33.7 Å². The molecule has 0 saturated heterocycles. The molecule has 0 aliphatic carbocycles. The molecule has 0 aliphatic heterocycles. The fraction of sp³-hybridized carbons (Fsp3) is 0.250. The van der Waals surface area contributed by atoms with Gasteiger partial charge in [-0.3, -0.25) is 4.98 Å². The Morgan fingerprint density at radius 1 is 1.24 bits per heavy atom. The van der Waals surface area contributed by atoms with Crippen LogP contribution in [0.2, 0.25) is 5.02 Å². The highest BCUT2D eigenvalue weighted by atomic mass is 35.5. The second kappa shape index (κ2) is 6.52. The van der Waals surface area contributed by atoms with Crippen molar-refractivity contribution in [2.75, 3.05) is 6.54 Å². The number of fused-ring (bicyclic) bond motifs is 1. The molecule has 0 aliphatic rings. The number of pyridine rings is 1. The zero-order valence-electron chi connectivity index (χ0n) is 11.7. The molecule has 1 aromatic carbocycles. The predicted octanol–water partition coefficient (Wildman–Crippen LogP) is 4.43. The molecule has 21 heavy (non-hydrogen) atoms. The molecule has 2 heterocycles. The lowest BCUT2D eigenvalue weighted by atomic mass is 10.0. The van der Waals surface area contributed by atoms with Crippen LogP contribution in [0.25, 0.3) is 10.9 Å². The molecule has 3 rings (SSSR count). The summed E-state index contributed by atoms with van der Waals surface area (Å²) in [5.41, 5.74) is 2.06. The molecule has 0 saturated carbocycles. The van der Waals surface area contributed by atoms with Crippen molar-refractivity contribution in [3.05, 3.63) is 57.6 Å². The highest BCUT2D eigenvalue weighted by Crippen LogP contribution is 2.32. The Hall–Kier alpha value is -1.49. The van der Waals surface area contributed by atoms with Gasteiger partial charge in [-0.2, -0.15) is 0 Å². The Kier molecular flexibility index (Phi) is 4.48.